The fraction of sp³-hybridized carbons (Fsp3) is 0.455. The number of H-pyrrole nitrogens is 1. The van der Waals surface area contributed by atoms with Crippen LogP contribution in [0.3, 0.4) is 0 Å². The van der Waals surface area contributed by atoms with Crippen LogP contribution in [0.25, 0.3) is 11.0 Å². The third-order valence-electron chi connectivity index (χ3n) is 2.58. The van der Waals surface area contributed by atoms with Crippen molar-refractivity contribution in [2.24, 2.45) is 5.73 Å². The summed E-state index contributed by atoms with van der Waals surface area (Å²) in [4.78, 5) is 11.6. The smallest absolute Gasteiger partial charge is 0.225 e. The third-order valence-corrected chi connectivity index (χ3v) is 2.85. The molecule has 0 saturated heterocycles. The second-order valence-corrected chi connectivity index (χ2v) is 4.41. The average Bonchev–Trinajstić information content (AvgIpc) is 2.75. The van der Waals surface area contributed by atoms with Crippen molar-refractivity contribution in [3.05, 3.63) is 17.4 Å². The Kier molecular flexibility index (Phi) is 3.81. The monoisotopic (exact) mass is 253 g/mol. The molecule has 4 N–H and O–H groups in total. The van der Waals surface area contributed by atoms with E-state index in [9.17, 15) is 0 Å². The molecule has 2 heterocycles. The van der Waals surface area contributed by atoms with E-state index < -0.39 is 0 Å². The Morgan fingerprint density at radius 1 is 1.53 bits per heavy atom. The Balaban J connectivity index is 2.13. The number of anilines is 1. The molecule has 2 rings (SSSR count). The Morgan fingerprint density at radius 2 is 2.35 bits per heavy atom. The van der Waals surface area contributed by atoms with E-state index in [1.807, 2.05) is 6.07 Å². The van der Waals surface area contributed by atoms with E-state index in [1.54, 1.807) is 6.20 Å². The van der Waals surface area contributed by atoms with Gasteiger partial charge in [-0.1, -0.05) is 11.6 Å². The van der Waals surface area contributed by atoms with Crippen molar-refractivity contribution in [1.29, 1.82) is 0 Å². The molecule has 17 heavy (non-hydrogen) atoms. The van der Waals surface area contributed by atoms with E-state index in [-0.39, 0.29) is 6.04 Å². The fourth-order valence-corrected chi connectivity index (χ4v) is 1.92. The number of aromatic nitrogens is 3. The summed E-state index contributed by atoms with van der Waals surface area (Å²) in [5, 5.41) is 3.66. The van der Waals surface area contributed by atoms with Gasteiger partial charge in [-0.15, -0.1) is 0 Å². The zero-order chi connectivity index (χ0) is 12.3. The molecule has 0 amide bonds. The minimum Gasteiger partial charge on any atom is -0.357 e. The molecule has 5 nitrogen and oxygen atoms in total. The van der Waals surface area contributed by atoms with E-state index in [0.717, 1.165) is 23.9 Å². The molecule has 92 valence electrons. The maximum absolute atomic E-state index is 6.05. The number of hydrogen-bond acceptors (Lipinski definition) is 4. The van der Waals surface area contributed by atoms with Crippen molar-refractivity contribution >= 4 is 28.6 Å². The maximum Gasteiger partial charge on any atom is 0.225 e. The molecule has 0 spiro atoms. The van der Waals surface area contributed by atoms with Gasteiger partial charge in [0.05, 0.1) is 5.52 Å². The van der Waals surface area contributed by atoms with Gasteiger partial charge >= 0.3 is 0 Å². The van der Waals surface area contributed by atoms with Crippen molar-refractivity contribution < 1.29 is 0 Å². The number of rotatable bonds is 5. The highest BCUT2D eigenvalue weighted by molar-refractivity contribution is 6.33. The van der Waals surface area contributed by atoms with Crippen LogP contribution in [0.15, 0.2) is 12.3 Å². The first-order valence-electron chi connectivity index (χ1n) is 5.68. The maximum atomic E-state index is 6.05. The fourth-order valence-electron chi connectivity index (χ4n) is 1.69. The molecular weight excluding hydrogens is 238 g/mol. The van der Waals surface area contributed by atoms with Gasteiger partial charge in [-0.05, 0) is 32.4 Å². The van der Waals surface area contributed by atoms with Gasteiger partial charge in [0.2, 0.25) is 5.95 Å². The lowest BCUT2D eigenvalue weighted by Gasteiger charge is -2.13. The lowest BCUT2D eigenvalue weighted by Crippen LogP contribution is -2.18. The van der Waals surface area contributed by atoms with Gasteiger partial charge in [0.25, 0.3) is 0 Å². The van der Waals surface area contributed by atoms with Crippen LogP contribution in [0.2, 0.25) is 5.15 Å². The summed E-state index contributed by atoms with van der Waals surface area (Å²) in [6, 6.07) is 2.16. The van der Waals surface area contributed by atoms with Crippen molar-refractivity contribution in [3.8, 4) is 0 Å². The SMILES string of the molecule is CC(CCCN)Nc1nc(Cl)c2[nH]ccc2n1. The summed E-state index contributed by atoms with van der Waals surface area (Å²) in [5.41, 5.74) is 7.06. The summed E-state index contributed by atoms with van der Waals surface area (Å²) in [6.07, 6.45) is 3.77. The number of hydrogen-bond donors (Lipinski definition) is 3. The van der Waals surface area contributed by atoms with Crippen LogP contribution in [-0.4, -0.2) is 27.5 Å². The zero-order valence-electron chi connectivity index (χ0n) is 9.70. The minimum atomic E-state index is 0.283. The molecule has 0 fully saturated rings. The summed E-state index contributed by atoms with van der Waals surface area (Å²) in [5.74, 6) is 0.562. The van der Waals surface area contributed by atoms with Crippen LogP contribution in [0.5, 0.6) is 0 Å². The summed E-state index contributed by atoms with van der Waals surface area (Å²) >= 11 is 6.05. The van der Waals surface area contributed by atoms with Crippen molar-refractivity contribution in [1.82, 2.24) is 15.0 Å². The van der Waals surface area contributed by atoms with Gasteiger partial charge in [0, 0.05) is 12.2 Å². The predicted molar refractivity (Wildman–Crippen MR) is 70.3 cm³/mol. The van der Waals surface area contributed by atoms with Crippen molar-refractivity contribution in [3.63, 3.8) is 0 Å². The minimum absolute atomic E-state index is 0.283. The number of halogens is 1. The molecule has 2 aromatic heterocycles. The Morgan fingerprint density at radius 3 is 3.12 bits per heavy atom. The zero-order valence-corrected chi connectivity index (χ0v) is 10.5. The van der Waals surface area contributed by atoms with Crippen molar-refractivity contribution in [2.75, 3.05) is 11.9 Å². The van der Waals surface area contributed by atoms with E-state index in [1.165, 1.54) is 0 Å². The molecule has 0 bridgehead atoms. The number of fused-ring (bicyclic) bond motifs is 1. The highest BCUT2D eigenvalue weighted by atomic mass is 35.5. The number of nitrogens with one attached hydrogen (secondary N) is 2. The second-order valence-electron chi connectivity index (χ2n) is 4.05. The summed E-state index contributed by atoms with van der Waals surface area (Å²) in [6.45, 7) is 2.78. The summed E-state index contributed by atoms with van der Waals surface area (Å²) < 4.78 is 0. The Labute approximate surface area is 105 Å². The van der Waals surface area contributed by atoms with Crippen LogP contribution in [0, 0.1) is 0 Å². The second kappa shape index (κ2) is 5.33. The first-order chi connectivity index (χ1) is 8.20. The topological polar surface area (TPSA) is 79.6 Å². The predicted octanol–water partition coefficient (Wildman–Crippen LogP) is 2.15. The molecule has 1 unspecified atom stereocenters. The molecule has 0 aromatic carbocycles. The molecular formula is C11H16ClN5. The van der Waals surface area contributed by atoms with E-state index in [0.29, 0.717) is 17.6 Å². The lowest BCUT2D eigenvalue weighted by atomic mass is 10.2. The standard InChI is InChI=1S/C11H16ClN5/c1-7(3-2-5-13)15-11-16-8-4-6-14-9(8)10(12)17-11/h4,6-7,14H,2-3,5,13H2,1H3,(H,15,16,17). The van der Waals surface area contributed by atoms with Gasteiger partial charge in [0.1, 0.15) is 5.52 Å². The molecule has 1 atom stereocenters. The van der Waals surface area contributed by atoms with Crippen LogP contribution in [-0.2, 0) is 0 Å². The van der Waals surface area contributed by atoms with Gasteiger partial charge in [-0.3, -0.25) is 0 Å². The lowest BCUT2D eigenvalue weighted by molar-refractivity contribution is 0.658. The highest BCUT2D eigenvalue weighted by Gasteiger charge is 2.08. The summed E-state index contributed by atoms with van der Waals surface area (Å²) in [7, 11) is 0. The third kappa shape index (κ3) is 2.87. The van der Waals surface area contributed by atoms with Gasteiger partial charge < -0.3 is 16.0 Å². The van der Waals surface area contributed by atoms with E-state index in [4.69, 9.17) is 17.3 Å². The van der Waals surface area contributed by atoms with Crippen LogP contribution >= 0.6 is 11.6 Å². The highest BCUT2D eigenvalue weighted by Crippen LogP contribution is 2.20. The van der Waals surface area contributed by atoms with E-state index in [2.05, 4.69) is 27.2 Å². The van der Waals surface area contributed by atoms with Crippen LogP contribution < -0.4 is 11.1 Å². The number of aromatic amines is 1. The first kappa shape index (κ1) is 12.1. The Hall–Kier alpha value is -1.33. The Bertz CT molecular complexity index is 496. The van der Waals surface area contributed by atoms with Gasteiger partial charge in [-0.25, -0.2) is 4.98 Å². The van der Waals surface area contributed by atoms with E-state index >= 15 is 0 Å². The van der Waals surface area contributed by atoms with Gasteiger partial charge in [0.15, 0.2) is 5.15 Å². The molecule has 0 saturated carbocycles. The van der Waals surface area contributed by atoms with Gasteiger partial charge in [-0.2, -0.15) is 4.98 Å². The van der Waals surface area contributed by atoms with Crippen molar-refractivity contribution in [2.45, 2.75) is 25.8 Å². The average molecular weight is 254 g/mol. The molecule has 0 aliphatic carbocycles. The number of nitrogens with two attached hydrogens (primary N) is 1. The number of nitrogens with zero attached hydrogens (tertiary/aromatic N) is 2. The first-order valence-corrected chi connectivity index (χ1v) is 6.05. The molecule has 0 radical (unpaired) electrons. The van der Waals surface area contributed by atoms with Crippen LogP contribution in [0.1, 0.15) is 19.8 Å². The molecule has 6 heteroatoms. The molecule has 0 aliphatic rings. The normalized spacial score (nSPS) is 12.9. The quantitative estimate of drug-likeness (QED) is 0.714. The van der Waals surface area contributed by atoms with Crippen LogP contribution in [0.4, 0.5) is 5.95 Å². The molecule has 2 aromatic rings. The largest absolute Gasteiger partial charge is 0.357 e. The molecule has 0 aliphatic heterocycles.